The smallest absolute Gasteiger partial charge is 0.419 e. The molecular formula is C16H17F2NO4. The predicted molar refractivity (Wildman–Crippen MR) is 79.5 cm³/mol. The first kappa shape index (κ1) is 16.9. The number of hydrogen-bond donors (Lipinski definition) is 0. The van der Waals surface area contributed by atoms with Gasteiger partial charge in [-0.15, -0.1) is 0 Å². The summed E-state index contributed by atoms with van der Waals surface area (Å²) in [6, 6.07) is 7.38. The lowest BCUT2D eigenvalue weighted by Gasteiger charge is -2.22. The Hall–Kier alpha value is -2.44. The summed E-state index contributed by atoms with van der Waals surface area (Å²) in [5, 5.41) is 0.386. The standard InChI is InChI=1S/C16H17F2NO4/c1-15(2,3)23-14(21)19-11-8-6-5-7-10(11)9-12(19)16(17,18)13(20)22-4/h5-9H,1-4H3. The number of aromatic nitrogens is 1. The van der Waals surface area contributed by atoms with E-state index in [0.29, 0.717) is 9.95 Å². The molecule has 1 aromatic carbocycles. The summed E-state index contributed by atoms with van der Waals surface area (Å²) >= 11 is 0. The largest absolute Gasteiger partial charge is 0.464 e. The zero-order valence-electron chi connectivity index (χ0n) is 13.2. The van der Waals surface area contributed by atoms with Crippen molar-refractivity contribution in [2.24, 2.45) is 0 Å². The third kappa shape index (κ3) is 3.18. The zero-order valence-corrected chi connectivity index (χ0v) is 13.2. The molecule has 0 spiro atoms. The first-order chi connectivity index (χ1) is 10.6. The van der Waals surface area contributed by atoms with Crippen molar-refractivity contribution in [1.82, 2.24) is 4.57 Å². The van der Waals surface area contributed by atoms with Crippen molar-refractivity contribution in [2.75, 3.05) is 7.11 Å². The number of rotatable bonds is 2. The molecule has 2 rings (SSSR count). The molecule has 2 aromatic rings. The molecule has 0 aliphatic carbocycles. The van der Waals surface area contributed by atoms with Crippen LogP contribution in [-0.4, -0.2) is 29.3 Å². The van der Waals surface area contributed by atoms with Crippen LogP contribution in [0.15, 0.2) is 30.3 Å². The molecule has 0 radical (unpaired) electrons. The highest BCUT2D eigenvalue weighted by Gasteiger charge is 2.47. The third-order valence-corrected chi connectivity index (χ3v) is 3.05. The number of methoxy groups -OCH3 is 1. The second-order valence-corrected chi connectivity index (χ2v) is 5.97. The molecule has 0 bridgehead atoms. The van der Waals surface area contributed by atoms with Crippen LogP contribution in [0.2, 0.25) is 0 Å². The summed E-state index contributed by atoms with van der Waals surface area (Å²) in [4.78, 5) is 23.8. The number of carbonyl (C=O) groups excluding carboxylic acids is 2. The van der Waals surface area contributed by atoms with Crippen LogP contribution >= 0.6 is 0 Å². The van der Waals surface area contributed by atoms with Crippen LogP contribution in [-0.2, 0) is 20.2 Å². The van der Waals surface area contributed by atoms with E-state index >= 15 is 0 Å². The molecule has 0 fully saturated rings. The number of esters is 1. The maximum atomic E-state index is 14.3. The lowest BCUT2D eigenvalue weighted by atomic mass is 10.2. The van der Waals surface area contributed by atoms with Crippen LogP contribution in [0.25, 0.3) is 10.9 Å². The zero-order chi connectivity index (χ0) is 17.4. The molecule has 1 aromatic heterocycles. The van der Waals surface area contributed by atoms with E-state index in [0.717, 1.165) is 13.2 Å². The number of para-hydroxylation sites is 1. The Kier molecular flexibility index (Phi) is 4.15. The first-order valence-electron chi connectivity index (χ1n) is 6.88. The van der Waals surface area contributed by atoms with E-state index in [1.165, 1.54) is 6.07 Å². The maximum absolute atomic E-state index is 14.3. The highest BCUT2D eigenvalue weighted by molar-refractivity contribution is 5.93. The van der Waals surface area contributed by atoms with Gasteiger partial charge in [0.05, 0.1) is 12.6 Å². The van der Waals surface area contributed by atoms with Crippen LogP contribution in [0.5, 0.6) is 0 Å². The molecule has 0 aliphatic rings. The minimum atomic E-state index is -3.98. The molecule has 0 atom stereocenters. The van der Waals surface area contributed by atoms with Gasteiger partial charge in [-0.1, -0.05) is 18.2 Å². The maximum Gasteiger partial charge on any atom is 0.419 e. The summed E-state index contributed by atoms with van der Waals surface area (Å²) in [7, 11) is 0.858. The van der Waals surface area contributed by atoms with Gasteiger partial charge in [0.2, 0.25) is 0 Å². The molecule has 0 aliphatic heterocycles. The quantitative estimate of drug-likeness (QED) is 0.790. The van der Waals surface area contributed by atoms with Gasteiger partial charge in [-0.25, -0.2) is 14.2 Å². The number of nitrogens with zero attached hydrogens (tertiary/aromatic N) is 1. The highest BCUT2D eigenvalue weighted by Crippen LogP contribution is 2.34. The molecule has 5 nitrogen and oxygen atoms in total. The van der Waals surface area contributed by atoms with Gasteiger partial charge in [-0.05, 0) is 32.9 Å². The van der Waals surface area contributed by atoms with Crippen molar-refractivity contribution in [3.63, 3.8) is 0 Å². The lowest BCUT2D eigenvalue weighted by molar-refractivity contribution is -0.171. The van der Waals surface area contributed by atoms with Crippen molar-refractivity contribution < 1.29 is 27.8 Å². The van der Waals surface area contributed by atoms with Gasteiger partial charge < -0.3 is 9.47 Å². The topological polar surface area (TPSA) is 57.5 Å². The van der Waals surface area contributed by atoms with Crippen LogP contribution in [0.1, 0.15) is 26.5 Å². The SMILES string of the molecule is COC(=O)C(F)(F)c1cc2ccccc2n1C(=O)OC(C)(C)C. The average Bonchev–Trinajstić information content (AvgIpc) is 2.84. The Labute approximate surface area is 131 Å². The molecule has 1 heterocycles. The number of alkyl halides is 2. The van der Waals surface area contributed by atoms with Crippen molar-refractivity contribution in [3.05, 3.63) is 36.0 Å². The Morgan fingerprint density at radius 1 is 1.13 bits per heavy atom. The van der Waals surface area contributed by atoms with Gasteiger partial charge in [0.15, 0.2) is 0 Å². The average molecular weight is 325 g/mol. The third-order valence-electron chi connectivity index (χ3n) is 3.05. The monoisotopic (exact) mass is 325 g/mol. The van der Waals surface area contributed by atoms with Gasteiger partial charge in [0.1, 0.15) is 11.3 Å². The van der Waals surface area contributed by atoms with Gasteiger partial charge in [-0.3, -0.25) is 0 Å². The predicted octanol–water partition coefficient (Wildman–Crippen LogP) is 3.69. The minimum absolute atomic E-state index is 0.223. The molecule has 0 saturated carbocycles. The summed E-state index contributed by atoms with van der Waals surface area (Å²) in [5.74, 6) is -5.73. The summed E-state index contributed by atoms with van der Waals surface area (Å²) < 4.78 is 38.7. The van der Waals surface area contributed by atoms with Crippen molar-refractivity contribution >= 4 is 23.0 Å². The fourth-order valence-corrected chi connectivity index (χ4v) is 2.12. The molecule has 0 amide bonds. The van der Waals surface area contributed by atoms with Crippen molar-refractivity contribution in [2.45, 2.75) is 32.3 Å². The number of carbonyl (C=O) groups is 2. The van der Waals surface area contributed by atoms with Gasteiger partial charge in [0, 0.05) is 5.39 Å². The number of benzene rings is 1. The molecule has 23 heavy (non-hydrogen) atoms. The van der Waals surface area contributed by atoms with Crippen molar-refractivity contribution in [1.29, 1.82) is 0 Å². The number of fused-ring (bicyclic) bond motifs is 1. The molecule has 0 unspecified atom stereocenters. The summed E-state index contributed by atoms with van der Waals surface area (Å²) in [6.07, 6.45) is -0.989. The molecule has 0 N–H and O–H groups in total. The fraction of sp³-hybridized carbons (Fsp3) is 0.375. The van der Waals surface area contributed by atoms with E-state index in [4.69, 9.17) is 4.74 Å². The second kappa shape index (κ2) is 5.64. The van der Waals surface area contributed by atoms with E-state index in [9.17, 15) is 18.4 Å². The van der Waals surface area contributed by atoms with Crippen LogP contribution in [0.4, 0.5) is 13.6 Å². The van der Waals surface area contributed by atoms with E-state index in [1.807, 2.05) is 0 Å². The molecule has 0 saturated heterocycles. The second-order valence-electron chi connectivity index (χ2n) is 5.97. The Bertz CT molecular complexity index is 759. The van der Waals surface area contributed by atoms with Crippen LogP contribution in [0.3, 0.4) is 0 Å². The number of hydrogen-bond acceptors (Lipinski definition) is 4. The highest BCUT2D eigenvalue weighted by atomic mass is 19.3. The molecule has 124 valence electrons. The van der Waals surface area contributed by atoms with Crippen molar-refractivity contribution in [3.8, 4) is 0 Å². The number of ether oxygens (including phenoxy) is 2. The van der Waals surface area contributed by atoms with Crippen LogP contribution in [0, 0.1) is 0 Å². The van der Waals surface area contributed by atoms with E-state index in [1.54, 1.807) is 39.0 Å². The van der Waals surface area contributed by atoms with E-state index in [-0.39, 0.29) is 5.52 Å². The summed E-state index contributed by atoms with van der Waals surface area (Å²) in [5.41, 5.74) is -1.44. The Morgan fingerprint density at radius 3 is 2.30 bits per heavy atom. The Balaban J connectivity index is 2.68. The lowest BCUT2D eigenvalue weighted by Crippen LogP contribution is -2.34. The minimum Gasteiger partial charge on any atom is -0.464 e. The normalized spacial score (nSPS) is 12.3. The molecule has 7 heteroatoms. The fourth-order valence-electron chi connectivity index (χ4n) is 2.12. The van der Waals surface area contributed by atoms with Gasteiger partial charge >= 0.3 is 18.0 Å². The first-order valence-corrected chi connectivity index (χ1v) is 6.88. The van der Waals surface area contributed by atoms with Crippen LogP contribution < -0.4 is 0 Å². The molecular weight excluding hydrogens is 308 g/mol. The Morgan fingerprint density at radius 2 is 1.74 bits per heavy atom. The van der Waals surface area contributed by atoms with Gasteiger partial charge in [0.25, 0.3) is 0 Å². The number of halogens is 2. The van der Waals surface area contributed by atoms with E-state index in [2.05, 4.69) is 4.74 Å². The van der Waals surface area contributed by atoms with Gasteiger partial charge in [-0.2, -0.15) is 8.78 Å². The summed E-state index contributed by atoms with van der Waals surface area (Å²) in [6.45, 7) is 4.86. The van der Waals surface area contributed by atoms with E-state index < -0.39 is 29.3 Å².